The van der Waals surface area contributed by atoms with Crippen LogP contribution >= 0.6 is 0 Å². The van der Waals surface area contributed by atoms with Gasteiger partial charge < -0.3 is 9.80 Å². The summed E-state index contributed by atoms with van der Waals surface area (Å²) in [7, 11) is 4.47. The first kappa shape index (κ1) is 11.0. The maximum absolute atomic E-state index is 2.46. The number of hydrogen-bond acceptors (Lipinski definition) is 2. The zero-order valence-electron chi connectivity index (χ0n) is 9.58. The van der Waals surface area contributed by atoms with E-state index in [1.807, 2.05) is 0 Å². The van der Waals surface area contributed by atoms with Crippen molar-refractivity contribution >= 4 is 0 Å². The Labute approximate surface area is 82.9 Å². The largest absolute Gasteiger partial charge is 0.306 e. The molecule has 0 N–H and O–H groups in total. The van der Waals surface area contributed by atoms with Gasteiger partial charge in [-0.15, -0.1) is 0 Å². The molecular weight excluding hydrogens is 160 g/mol. The molecule has 1 aliphatic heterocycles. The van der Waals surface area contributed by atoms with Gasteiger partial charge in [-0.2, -0.15) is 0 Å². The van der Waals surface area contributed by atoms with E-state index in [1.165, 1.54) is 32.5 Å². The lowest BCUT2D eigenvalue weighted by Gasteiger charge is -2.33. The van der Waals surface area contributed by atoms with E-state index in [1.54, 1.807) is 0 Å². The van der Waals surface area contributed by atoms with E-state index >= 15 is 0 Å². The van der Waals surface area contributed by atoms with E-state index in [2.05, 4.69) is 37.7 Å². The molecule has 0 saturated carbocycles. The molecule has 1 rings (SSSR count). The molecule has 1 atom stereocenters. The fourth-order valence-electron chi connectivity index (χ4n) is 2.04. The number of rotatable bonds is 3. The van der Waals surface area contributed by atoms with E-state index in [0.29, 0.717) is 6.04 Å². The molecule has 13 heavy (non-hydrogen) atoms. The Morgan fingerprint density at radius 1 is 1.46 bits per heavy atom. The molecule has 2 heteroatoms. The zero-order chi connectivity index (χ0) is 9.84. The smallest absolute Gasteiger partial charge is 0.00356 e. The van der Waals surface area contributed by atoms with Crippen molar-refractivity contribution in [3.63, 3.8) is 0 Å². The highest BCUT2D eigenvalue weighted by molar-refractivity contribution is 4.73. The van der Waals surface area contributed by atoms with Gasteiger partial charge in [-0.3, -0.25) is 0 Å². The summed E-state index contributed by atoms with van der Waals surface area (Å²) < 4.78 is 0. The molecule has 0 amide bonds. The molecule has 0 radical (unpaired) electrons. The lowest BCUT2D eigenvalue weighted by atomic mass is 9.98. The standard InChI is InChI=1S/C11H24N2/c1-10(2)13(4)9-11-6-5-7-12(3)8-11/h10-11H,5-9H2,1-4H3. The molecule has 2 nitrogen and oxygen atoms in total. The minimum Gasteiger partial charge on any atom is -0.306 e. The van der Waals surface area contributed by atoms with Crippen molar-refractivity contribution in [3.8, 4) is 0 Å². The number of piperidine rings is 1. The van der Waals surface area contributed by atoms with Crippen molar-refractivity contribution in [2.24, 2.45) is 5.92 Å². The lowest BCUT2D eigenvalue weighted by Crippen LogP contribution is -2.39. The lowest BCUT2D eigenvalue weighted by molar-refractivity contribution is 0.151. The van der Waals surface area contributed by atoms with E-state index in [0.717, 1.165) is 5.92 Å². The van der Waals surface area contributed by atoms with Gasteiger partial charge in [0.2, 0.25) is 0 Å². The summed E-state index contributed by atoms with van der Waals surface area (Å²) >= 11 is 0. The van der Waals surface area contributed by atoms with Crippen molar-refractivity contribution in [3.05, 3.63) is 0 Å². The molecule has 1 fully saturated rings. The summed E-state index contributed by atoms with van der Waals surface area (Å²) in [5, 5.41) is 0. The molecule has 1 aliphatic rings. The van der Waals surface area contributed by atoms with Crippen LogP contribution in [0.15, 0.2) is 0 Å². The zero-order valence-corrected chi connectivity index (χ0v) is 9.58. The van der Waals surface area contributed by atoms with Crippen LogP contribution in [0.2, 0.25) is 0 Å². The van der Waals surface area contributed by atoms with Crippen LogP contribution in [0.1, 0.15) is 26.7 Å². The molecule has 1 saturated heterocycles. The topological polar surface area (TPSA) is 6.48 Å². The van der Waals surface area contributed by atoms with E-state index in [4.69, 9.17) is 0 Å². The van der Waals surface area contributed by atoms with Gasteiger partial charge in [0.05, 0.1) is 0 Å². The fourth-order valence-corrected chi connectivity index (χ4v) is 2.04. The van der Waals surface area contributed by atoms with Gasteiger partial charge in [0.15, 0.2) is 0 Å². The van der Waals surface area contributed by atoms with Crippen molar-refractivity contribution in [1.82, 2.24) is 9.80 Å². The molecule has 0 aromatic rings. The predicted octanol–water partition coefficient (Wildman–Crippen LogP) is 1.67. The van der Waals surface area contributed by atoms with Crippen LogP contribution in [0, 0.1) is 5.92 Å². The second kappa shape index (κ2) is 4.97. The summed E-state index contributed by atoms with van der Waals surface area (Å²) in [5.74, 6) is 0.895. The van der Waals surface area contributed by atoms with Crippen molar-refractivity contribution in [2.75, 3.05) is 33.7 Å². The van der Waals surface area contributed by atoms with Crippen LogP contribution in [-0.2, 0) is 0 Å². The summed E-state index contributed by atoms with van der Waals surface area (Å²) in [5.41, 5.74) is 0. The van der Waals surface area contributed by atoms with E-state index in [-0.39, 0.29) is 0 Å². The van der Waals surface area contributed by atoms with Crippen LogP contribution in [0.5, 0.6) is 0 Å². The Hall–Kier alpha value is -0.0800. The quantitative estimate of drug-likeness (QED) is 0.658. The Morgan fingerprint density at radius 3 is 2.69 bits per heavy atom. The third-order valence-electron chi connectivity index (χ3n) is 3.15. The highest BCUT2D eigenvalue weighted by Gasteiger charge is 2.19. The van der Waals surface area contributed by atoms with Gasteiger partial charge in [-0.1, -0.05) is 0 Å². The maximum atomic E-state index is 2.46. The highest BCUT2D eigenvalue weighted by atomic mass is 15.1. The van der Waals surface area contributed by atoms with Crippen LogP contribution in [0.4, 0.5) is 0 Å². The summed E-state index contributed by atoms with van der Waals surface area (Å²) in [6.45, 7) is 8.39. The molecule has 0 spiro atoms. The number of nitrogens with zero attached hydrogens (tertiary/aromatic N) is 2. The Balaban J connectivity index is 2.27. The van der Waals surface area contributed by atoms with Crippen molar-refractivity contribution < 1.29 is 0 Å². The first-order chi connectivity index (χ1) is 6.09. The van der Waals surface area contributed by atoms with E-state index in [9.17, 15) is 0 Å². The maximum Gasteiger partial charge on any atom is 0.00356 e. The average molecular weight is 184 g/mol. The van der Waals surface area contributed by atoms with Gasteiger partial charge in [0.25, 0.3) is 0 Å². The first-order valence-electron chi connectivity index (χ1n) is 5.48. The second-order valence-corrected chi connectivity index (χ2v) is 4.80. The normalized spacial score (nSPS) is 25.8. The minimum absolute atomic E-state index is 0.687. The SMILES string of the molecule is CC(C)N(C)CC1CCCN(C)C1. The first-order valence-corrected chi connectivity index (χ1v) is 5.48. The molecule has 0 aliphatic carbocycles. The molecule has 0 bridgehead atoms. The van der Waals surface area contributed by atoms with Gasteiger partial charge in [0.1, 0.15) is 0 Å². The minimum atomic E-state index is 0.687. The van der Waals surface area contributed by atoms with E-state index < -0.39 is 0 Å². The molecule has 1 heterocycles. The Bertz CT molecular complexity index is 145. The third-order valence-corrected chi connectivity index (χ3v) is 3.15. The van der Waals surface area contributed by atoms with Gasteiger partial charge in [-0.05, 0) is 53.2 Å². The second-order valence-electron chi connectivity index (χ2n) is 4.80. The Kier molecular flexibility index (Phi) is 4.20. The fraction of sp³-hybridized carbons (Fsp3) is 1.00. The van der Waals surface area contributed by atoms with Crippen LogP contribution in [0.3, 0.4) is 0 Å². The number of hydrogen-bond donors (Lipinski definition) is 0. The summed E-state index contributed by atoms with van der Waals surface area (Å²) in [4.78, 5) is 4.92. The summed E-state index contributed by atoms with van der Waals surface area (Å²) in [6.07, 6.45) is 2.80. The average Bonchev–Trinajstić information content (AvgIpc) is 2.04. The van der Waals surface area contributed by atoms with Crippen molar-refractivity contribution in [1.29, 1.82) is 0 Å². The van der Waals surface area contributed by atoms with Crippen LogP contribution < -0.4 is 0 Å². The molecule has 0 aromatic heterocycles. The van der Waals surface area contributed by atoms with Crippen LogP contribution in [-0.4, -0.2) is 49.6 Å². The summed E-state index contributed by atoms with van der Waals surface area (Å²) in [6, 6.07) is 0.687. The molecule has 1 unspecified atom stereocenters. The van der Waals surface area contributed by atoms with Crippen LogP contribution in [0.25, 0.3) is 0 Å². The molecule has 0 aromatic carbocycles. The molecular formula is C11H24N2. The third kappa shape index (κ3) is 3.65. The monoisotopic (exact) mass is 184 g/mol. The van der Waals surface area contributed by atoms with Gasteiger partial charge >= 0.3 is 0 Å². The van der Waals surface area contributed by atoms with Crippen molar-refractivity contribution in [2.45, 2.75) is 32.7 Å². The number of likely N-dealkylation sites (tertiary alicyclic amines) is 1. The van der Waals surface area contributed by atoms with Gasteiger partial charge in [0, 0.05) is 19.1 Å². The van der Waals surface area contributed by atoms with Gasteiger partial charge in [-0.25, -0.2) is 0 Å². The highest BCUT2D eigenvalue weighted by Crippen LogP contribution is 2.16. The Morgan fingerprint density at radius 2 is 2.15 bits per heavy atom. The molecule has 78 valence electrons. The predicted molar refractivity (Wildman–Crippen MR) is 58.0 cm³/mol.